The Balaban J connectivity index is 1.50. The van der Waals surface area contributed by atoms with E-state index in [1.807, 2.05) is 0 Å². The lowest BCUT2D eigenvalue weighted by atomic mass is 10.0. The molecular weight excluding hydrogens is 546 g/mol. The number of nitrogens with zero attached hydrogens (tertiary/aromatic N) is 5. The number of rotatable bonds is 14. The molecule has 42 heavy (non-hydrogen) atoms. The van der Waals surface area contributed by atoms with Crippen molar-refractivity contribution in [2.24, 2.45) is 5.11 Å². The van der Waals surface area contributed by atoms with Crippen LogP contribution in [0, 0.1) is 0 Å². The third kappa shape index (κ3) is 9.74. The molecule has 1 saturated heterocycles. The lowest BCUT2D eigenvalue weighted by molar-refractivity contribution is -0.137. The van der Waals surface area contributed by atoms with Crippen LogP contribution in [0.3, 0.4) is 0 Å². The van der Waals surface area contributed by atoms with Crippen LogP contribution < -0.4 is 10.6 Å². The predicted molar refractivity (Wildman–Crippen MR) is 152 cm³/mol. The van der Waals surface area contributed by atoms with Gasteiger partial charge >= 0.3 is 6.09 Å². The SMILES string of the molecule is CC(C)(C)OC(=O)N(CCCOCCCCN=[N+]=[N-])CCC(=O)Nc1ccc2c(c1)CN(C1CCC(=O)NC1=O)C2=O. The van der Waals surface area contributed by atoms with Crippen molar-refractivity contribution in [3.05, 3.63) is 39.8 Å². The Hall–Kier alpha value is -4.16. The first-order valence-corrected chi connectivity index (χ1v) is 14.1. The van der Waals surface area contributed by atoms with Gasteiger partial charge in [0, 0.05) is 68.4 Å². The maximum atomic E-state index is 12.9. The Morgan fingerprint density at radius 2 is 1.93 bits per heavy atom. The highest BCUT2D eigenvalue weighted by Crippen LogP contribution is 2.29. The molecular formula is C28H39N7O7. The molecule has 14 nitrogen and oxygen atoms in total. The van der Waals surface area contributed by atoms with E-state index in [4.69, 9.17) is 15.0 Å². The Bertz CT molecular complexity index is 1220. The van der Waals surface area contributed by atoms with Crippen LogP contribution in [-0.2, 0) is 30.4 Å². The summed E-state index contributed by atoms with van der Waals surface area (Å²) in [5.74, 6) is -1.43. The summed E-state index contributed by atoms with van der Waals surface area (Å²) >= 11 is 0. The highest BCUT2D eigenvalue weighted by atomic mass is 16.6. The van der Waals surface area contributed by atoms with Gasteiger partial charge in [0.15, 0.2) is 0 Å². The molecule has 2 aliphatic heterocycles. The summed E-state index contributed by atoms with van der Waals surface area (Å²) in [5, 5.41) is 8.57. The molecule has 0 spiro atoms. The van der Waals surface area contributed by atoms with E-state index in [9.17, 15) is 24.0 Å². The number of carbonyl (C=O) groups excluding carboxylic acids is 5. The fraction of sp³-hybridized carbons (Fsp3) is 0.607. The molecule has 0 saturated carbocycles. The fourth-order valence-corrected chi connectivity index (χ4v) is 4.62. The van der Waals surface area contributed by atoms with Crippen molar-refractivity contribution in [1.82, 2.24) is 15.1 Å². The second kappa shape index (κ2) is 15.2. The zero-order valence-electron chi connectivity index (χ0n) is 24.4. The number of benzene rings is 1. The molecule has 228 valence electrons. The van der Waals surface area contributed by atoms with Gasteiger partial charge in [-0.05, 0) is 75.7 Å². The standard InChI is InChI=1S/C28H39N7O7/c1-28(2,3)42-27(40)34(13-6-16-41-15-5-4-12-30-33-29)14-11-24(37)31-20-7-8-21-19(17-20)18-35(26(21)39)22-9-10-23(36)32-25(22)38/h7-8,17,22H,4-6,9-16,18H2,1-3H3,(H,31,37)(H,32,36,38). The zero-order chi connectivity index (χ0) is 30.7. The molecule has 1 aromatic rings. The number of amides is 5. The normalized spacial score (nSPS) is 16.4. The molecule has 3 rings (SSSR count). The molecule has 1 unspecified atom stereocenters. The number of hydrogen-bond acceptors (Lipinski definition) is 8. The van der Waals surface area contributed by atoms with Gasteiger partial charge in [0.05, 0.1) is 0 Å². The zero-order valence-corrected chi connectivity index (χ0v) is 24.4. The molecule has 1 aromatic carbocycles. The minimum absolute atomic E-state index is 0.0257. The number of azide groups is 1. The van der Waals surface area contributed by atoms with Crippen LogP contribution in [0.25, 0.3) is 10.4 Å². The number of hydrogen-bond donors (Lipinski definition) is 2. The van der Waals surface area contributed by atoms with Crippen molar-refractivity contribution in [1.29, 1.82) is 0 Å². The van der Waals surface area contributed by atoms with Crippen LogP contribution in [0.1, 0.15) is 75.2 Å². The van der Waals surface area contributed by atoms with Crippen molar-refractivity contribution >= 4 is 35.4 Å². The minimum Gasteiger partial charge on any atom is -0.444 e. The number of imide groups is 1. The average Bonchev–Trinajstić information content (AvgIpc) is 3.23. The number of ether oxygens (including phenoxy) is 2. The smallest absolute Gasteiger partial charge is 0.410 e. The van der Waals surface area contributed by atoms with Crippen molar-refractivity contribution in [2.45, 2.75) is 77.5 Å². The molecule has 0 aliphatic carbocycles. The first-order chi connectivity index (χ1) is 20.0. The van der Waals surface area contributed by atoms with Crippen molar-refractivity contribution < 1.29 is 33.4 Å². The second-order valence-electron chi connectivity index (χ2n) is 11.2. The van der Waals surface area contributed by atoms with Gasteiger partial charge in [-0.25, -0.2) is 4.79 Å². The first kappa shape index (κ1) is 32.4. The predicted octanol–water partition coefficient (Wildman–Crippen LogP) is 3.51. The Morgan fingerprint density at radius 1 is 1.17 bits per heavy atom. The number of piperidine rings is 1. The molecule has 2 heterocycles. The summed E-state index contributed by atoms with van der Waals surface area (Å²) in [4.78, 5) is 67.8. The Morgan fingerprint density at radius 3 is 2.64 bits per heavy atom. The highest BCUT2D eigenvalue weighted by Gasteiger charge is 2.39. The van der Waals surface area contributed by atoms with Gasteiger partial charge in [0.1, 0.15) is 11.6 Å². The highest BCUT2D eigenvalue weighted by molar-refractivity contribution is 6.05. The summed E-state index contributed by atoms with van der Waals surface area (Å²) in [6, 6.07) is 4.22. The van der Waals surface area contributed by atoms with Crippen molar-refractivity contribution in [2.75, 3.05) is 38.2 Å². The lowest BCUT2D eigenvalue weighted by Crippen LogP contribution is -2.52. The number of nitrogens with one attached hydrogen (secondary N) is 2. The number of carbonyl (C=O) groups is 5. The van der Waals surface area contributed by atoms with E-state index >= 15 is 0 Å². The minimum atomic E-state index is -0.714. The summed E-state index contributed by atoms with van der Waals surface area (Å²) in [7, 11) is 0. The van der Waals surface area contributed by atoms with Crippen molar-refractivity contribution in [3.63, 3.8) is 0 Å². The molecule has 2 aliphatic rings. The lowest BCUT2D eigenvalue weighted by Gasteiger charge is -2.29. The largest absolute Gasteiger partial charge is 0.444 e. The van der Waals surface area contributed by atoms with Gasteiger partial charge in [0.25, 0.3) is 5.91 Å². The van der Waals surface area contributed by atoms with Gasteiger partial charge in [0.2, 0.25) is 17.7 Å². The van der Waals surface area contributed by atoms with Crippen LogP contribution in [0.2, 0.25) is 0 Å². The summed E-state index contributed by atoms with van der Waals surface area (Å²) in [6.07, 6.45) is 2.01. The molecule has 5 amide bonds. The van der Waals surface area contributed by atoms with E-state index in [1.54, 1.807) is 39.0 Å². The van der Waals surface area contributed by atoms with Gasteiger partial charge < -0.3 is 24.6 Å². The van der Waals surface area contributed by atoms with E-state index in [2.05, 4.69) is 20.7 Å². The maximum Gasteiger partial charge on any atom is 0.410 e. The van der Waals surface area contributed by atoms with Gasteiger partial charge in [-0.3, -0.25) is 24.5 Å². The topological polar surface area (TPSA) is 183 Å². The third-order valence-electron chi connectivity index (χ3n) is 6.64. The molecule has 0 bridgehead atoms. The fourth-order valence-electron chi connectivity index (χ4n) is 4.62. The van der Waals surface area contributed by atoms with Crippen LogP contribution in [-0.4, -0.2) is 84.0 Å². The molecule has 0 aromatic heterocycles. The maximum absolute atomic E-state index is 12.9. The number of fused-ring (bicyclic) bond motifs is 1. The molecule has 2 N–H and O–H groups in total. The third-order valence-corrected chi connectivity index (χ3v) is 6.64. The van der Waals surface area contributed by atoms with Crippen LogP contribution in [0.15, 0.2) is 23.3 Å². The Kier molecular flexibility index (Phi) is 11.7. The van der Waals surface area contributed by atoms with E-state index in [0.29, 0.717) is 49.5 Å². The Labute approximate surface area is 244 Å². The van der Waals surface area contributed by atoms with Crippen LogP contribution >= 0.6 is 0 Å². The van der Waals surface area contributed by atoms with E-state index in [0.717, 1.165) is 12.8 Å². The van der Waals surface area contributed by atoms with Crippen molar-refractivity contribution in [3.8, 4) is 0 Å². The number of unbranched alkanes of at least 4 members (excludes halogenated alkanes) is 1. The van der Waals surface area contributed by atoms with E-state index in [1.165, 1.54) is 9.80 Å². The second-order valence-corrected chi connectivity index (χ2v) is 11.2. The molecule has 1 atom stereocenters. The molecule has 1 fully saturated rings. The molecule has 0 radical (unpaired) electrons. The van der Waals surface area contributed by atoms with Crippen LogP contribution in [0.4, 0.5) is 10.5 Å². The van der Waals surface area contributed by atoms with E-state index < -0.39 is 23.6 Å². The van der Waals surface area contributed by atoms with Gasteiger partial charge in [-0.2, -0.15) is 0 Å². The summed E-state index contributed by atoms with van der Waals surface area (Å²) in [6.45, 7) is 7.38. The molecule has 14 heteroatoms. The summed E-state index contributed by atoms with van der Waals surface area (Å²) < 4.78 is 11.1. The van der Waals surface area contributed by atoms with Crippen LogP contribution in [0.5, 0.6) is 0 Å². The van der Waals surface area contributed by atoms with Gasteiger partial charge in [-0.1, -0.05) is 5.11 Å². The van der Waals surface area contributed by atoms with E-state index in [-0.39, 0.29) is 50.1 Å². The summed E-state index contributed by atoms with van der Waals surface area (Å²) in [5.41, 5.74) is 9.22. The van der Waals surface area contributed by atoms with Gasteiger partial charge in [-0.15, -0.1) is 0 Å². The average molecular weight is 586 g/mol. The number of anilines is 1. The first-order valence-electron chi connectivity index (χ1n) is 14.1. The monoisotopic (exact) mass is 585 g/mol. The quantitative estimate of drug-likeness (QED) is 0.110.